The Bertz CT molecular complexity index is 426. The lowest BCUT2D eigenvalue weighted by atomic mass is 9.92. The fourth-order valence-electron chi connectivity index (χ4n) is 2.14. The van der Waals surface area contributed by atoms with Crippen molar-refractivity contribution in [2.75, 3.05) is 20.1 Å². The Morgan fingerprint density at radius 1 is 1.42 bits per heavy atom. The van der Waals surface area contributed by atoms with Gasteiger partial charge in [-0.1, -0.05) is 30.3 Å². The van der Waals surface area contributed by atoms with E-state index >= 15 is 0 Å². The van der Waals surface area contributed by atoms with Gasteiger partial charge in [-0.25, -0.2) is 0 Å². The first-order chi connectivity index (χ1) is 9.01. The van der Waals surface area contributed by atoms with Crippen LogP contribution in [0.1, 0.15) is 25.3 Å². The van der Waals surface area contributed by atoms with E-state index in [0.717, 1.165) is 18.2 Å². The standard InChI is InChI=1S/C15H23N3O/c1-15(16,12-6-4-3-5-7-12)14(19)17-10-11-18(2)13-8-9-13/h3-7,13H,8-11,16H2,1-2H3,(H,17,19). The summed E-state index contributed by atoms with van der Waals surface area (Å²) in [4.78, 5) is 14.5. The first kappa shape index (κ1) is 14.0. The lowest BCUT2D eigenvalue weighted by Crippen LogP contribution is -2.50. The molecule has 1 aromatic carbocycles. The maximum atomic E-state index is 12.2. The zero-order chi connectivity index (χ0) is 13.9. The summed E-state index contributed by atoms with van der Waals surface area (Å²) in [6.45, 7) is 3.27. The van der Waals surface area contributed by atoms with E-state index in [0.29, 0.717) is 6.54 Å². The number of hydrogen-bond donors (Lipinski definition) is 2. The van der Waals surface area contributed by atoms with Crippen LogP contribution in [-0.2, 0) is 10.3 Å². The summed E-state index contributed by atoms with van der Waals surface area (Å²) in [6, 6.07) is 10.2. The number of rotatable bonds is 6. The molecule has 1 fully saturated rings. The van der Waals surface area contributed by atoms with E-state index in [1.54, 1.807) is 6.92 Å². The monoisotopic (exact) mass is 261 g/mol. The molecule has 0 bridgehead atoms. The average Bonchev–Trinajstić information content (AvgIpc) is 3.23. The molecule has 0 heterocycles. The molecule has 1 unspecified atom stereocenters. The van der Waals surface area contributed by atoms with Crippen LogP contribution in [0.5, 0.6) is 0 Å². The van der Waals surface area contributed by atoms with Crippen LogP contribution in [0.3, 0.4) is 0 Å². The van der Waals surface area contributed by atoms with Crippen molar-refractivity contribution >= 4 is 5.91 Å². The molecule has 4 heteroatoms. The Morgan fingerprint density at radius 3 is 2.63 bits per heavy atom. The van der Waals surface area contributed by atoms with E-state index in [-0.39, 0.29) is 5.91 Å². The molecule has 1 saturated carbocycles. The molecule has 4 nitrogen and oxygen atoms in total. The fourth-order valence-corrected chi connectivity index (χ4v) is 2.14. The predicted octanol–water partition coefficient (Wildman–Crippen LogP) is 1.07. The molecule has 0 radical (unpaired) electrons. The molecule has 0 aliphatic heterocycles. The van der Waals surface area contributed by atoms with Crippen molar-refractivity contribution in [2.45, 2.75) is 31.3 Å². The minimum atomic E-state index is -0.973. The summed E-state index contributed by atoms with van der Waals surface area (Å²) < 4.78 is 0. The average molecular weight is 261 g/mol. The molecule has 19 heavy (non-hydrogen) atoms. The summed E-state index contributed by atoms with van der Waals surface area (Å²) >= 11 is 0. The number of carbonyl (C=O) groups is 1. The summed E-state index contributed by atoms with van der Waals surface area (Å²) in [7, 11) is 2.10. The van der Waals surface area contributed by atoms with Crippen molar-refractivity contribution < 1.29 is 4.79 Å². The van der Waals surface area contributed by atoms with Crippen LogP contribution in [0.25, 0.3) is 0 Å². The second-order valence-electron chi connectivity index (χ2n) is 5.54. The Kier molecular flexibility index (Phi) is 4.22. The van der Waals surface area contributed by atoms with Crippen molar-refractivity contribution in [1.82, 2.24) is 10.2 Å². The lowest BCUT2D eigenvalue weighted by Gasteiger charge is -2.25. The Labute approximate surface area is 115 Å². The van der Waals surface area contributed by atoms with Gasteiger partial charge < -0.3 is 16.0 Å². The molecule has 1 atom stereocenters. The molecule has 1 aliphatic carbocycles. The molecule has 0 spiro atoms. The Hall–Kier alpha value is -1.39. The molecule has 3 N–H and O–H groups in total. The fraction of sp³-hybridized carbons (Fsp3) is 0.533. The molecule has 2 rings (SSSR count). The van der Waals surface area contributed by atoms with E-state index < -0.39 is 5.54 Å². The SMILES string of the molecule is CN(CCNC(=O)C(C)(N)c1ccccc1)C1CC1. The molecule has 104 valence electrons. The molecular formula is C15H23N3O. The van der Waals surface area contributed by atoms with Crippen molar-refractivity contribution in [2.24, 2.45) is 5.73 Å². The number of benzene rings is 1. The van der Waals surface area contributed by atoms with E-state index in [4.69, 9.17) is 5.73 Å². The smallest absolute Gasteiger partial charge is 0.244 e. The van der Waals surface area contributed by atoms with Crippen LogP contribution in [-0.4, -0.2) is 37.0 Å². The molecule has 0 saturated heterocycles. The quantitative estimate of drug-likeness (QED) is 0.805. The molecule has 1 amide bonds. The number of hydrogen-bond acceptors (Lipinski definition) is 3. The van der Waals surface area contributed by atoms with Gasteiger partial charge >= 0.3 is 0 Å². The van der Waals surface area contributed by atoms with Crippen LogP contribution in [0.2, 0.25) is 0 Å². The first-order valence-corrected chi connectivity index (χ1v) is 6.85. The summed E-state index contributed by atoms with van der Waals surface area (Å²) in [6.07, 6.45) is 2.56. The maximum Gasteiger partial charge on any atom is 0.244 e. The van der Waals surface area contributed by atoms with Gasteiger partial charge in [-0.05, 0) is 32.4 Å². The molecule has 0 aromatic heterocycles. The first-order valence-electron chi connectivity index (χ1n) is 6.85. The van der Waals surface area contributed by atoms with Crippen molar-refractivity contribution in [3.63, 3.8) is 0 Å². The zero-order valence-electron chi connectivity index (χ0n) is 11.7. The van der Waals surface area contributed by atoms with Gasteiger partial charge in [-0.2, -0.15) is 0 Å². The predicted molar refractivity (Wildman–Crippen MR) is 76.6 cm³/mol. The number of amides is 1. The second kappa shape index (κ2) is 5.72. The van der Waals surface area contributed by atoms with Crippen molar-refractivity contribution in [3.05, 3.63) is 35.9 Å². The van der Waals surface area contributed by atoms with Crippen LogP contribution >= 0.6 is 0 Å². The number of likely N-dealkylation sites (N-methyl/N-ethyl adjacent to an activating group) is 1. The Balaban J connectivity index is 1.84. The highest BCUT2D eigenvalue weighted by molar-refractivity contribution is 5.86. The summed E-state index contributed by atoms with van der Waals surface area (Å²) in [5.41, 5.74) is 6.01. The highest BCUT2D eigenvalue weighted by Gasteiger charge is 2.30. The van der Waals surface area contributed by atoms with Crippen LogP contribution < -0.4 is 11.1 Å². The van der Waals surface area contributed by atoms with Gasteiger partial charge in [0.25, 0.3) is 0 Å². The van der Waals surface area contributed by atoms with E-state index in [9.17, 15) is 4.79 Å². The zero-order valence-corrected chi connectivity index (χ0v) is 11.7. The van der Waals surface area contributed by atoms with Gasteiger partial charge in [0.2, 0.25) is 5.91 Å². The molecular weight excluding hydrogens is 238 g/mol. The van der Waals surface area contributed by atoms with Gasteiger partial charge in [0.15, 0.2) is 0 Å². The molecule has 1 aromatic rings. The van der Waals surface area contributed by atoms with E-state index in [1.165, 1.54) is 12.8 Å². The largest absolute Gasteiger partial charge is 0.353 e. The van der Waals surface area contributed by atoms with Crippen molar-refractivity contribution in [1.29, 1.82) is 0 Å². The minimum Gasteiger partial charge on any atom is -0.353 e. The van der Waals surface area contributed by atoms with E-state index in [2.05, 4.69) is 17.3 Å². The highest BCUT2D eigenvalue weighted by atomic mass is 16.2. The Morgan fingerprint density at radius 2 is 2.05 bits per heavy atom. The van der Waals surface area contributed by atoms with Crippen LogP contribution in [0, 0.1) is 0 Å². The number of nitrogens with two attached hydrogens (primary N) is 1. The van der Waals surface area contributed by atoms with E-state index in [1.807, 2.05) is 30.3 Å². The van der Waals surface area contributed by atoms with Crippen molar-refractivity contribution in [3.8, 4) is 0 Å². The van der Waals surface area contributed by atoms with Gasteiger partial charge in [0.1, 0.15) is 5.54 Å². The van der Waals surface area contributed by atoms with Gasteiger partial charge in [-0.15, -0.1) is 0 Å². The van der Waals surface area contributed by atoms with Crippen LogP contribution in [0.15, 0.2) is 30.3 Å². The minimum absolute atomic E-state index is 0.122. The third-order valence-electron chi connectivity index (χ3n) is 3.77. The lowest BCUT2D eigenvalue weighted by molar-refractivity contribution is -0.126. The van der Waals surface area contributed by atoms with Gasteiger partial charge in [-0.3, -0.25) is 4.79 Å². The van der Waals surface area contributed by atoms with Crippen LogP contribution in [0.4, 0.5) is 0 Å². The normalized spacial score (nSPS) is 18.1. The van der Waals surface area contributed by atoms with Gasteiger partial charge in [0.05, 0.1) is 0 Å². The number of carbonyl (C=O) groups excluding carboxylic acids is 1. The topological polar surface area (TPSA) is 58.4 Å². The van der Waals surface area contributed by atoms with Gasteiger partial charge in [0, 0.05) is 19.1 Å². The summed E-state index contributed by atoms with van der Waals surface area (Å²) in [5.74, 6) is -0.122. The summed E-state index contributed by atoms with van der Waals surface area (Å²) in [5, 5.41) is 2.93. The number of nitrogens with one attached hydrogen (secondary N) is 1. The maximum absolute atomic E-state index is 12.2. The number of nitrogens with zero attached hydrogens (tertiary/aromatic N) is 1. The molecule has 1 aliphatic rings. The third-order valence-corrected chi connectivity index (χ3v) is 3.77. The third kappa shape index (κ3) is 3.55. The highest BCUT2D eigenvalue weighted by Crippen LogP contribution is 2.24. The second-order valence-corrected chi connectivity index (χ2v) is 5.54.